The Labute approximate surface area is 125 Å². The van der Waals surface area contributed by atoms with E-state index in [4.69, 9.17) is 5.21 Å². The standard InChI is InChI=1S/C14H11N4O4/c1-14(8-3-2-4-9(5-8)18(21)22)10(6-15)12(19)17-13(20)11(14)7-16/h2-5,10-11,21H,1H3,(H,17,19,20)/q-1. The summed E-state index contributed by atoms with van der Waals surface area (Å²) in [5, 5.41) is 40.2. The normalized spacial score (nSPS) is 27.5. The second-order valence-corrected chi connectivity index (χ2v) is 5.08. The van der Waals surface area contributed by atoms with Gasteiger partial charge in [0.2, 0.25) is 11.8 Å². The van der Waals surface area contributed by atoms with Gasteiger partial charge in [-0.15, -0.1) is 0 Å². The zero-order valence-electron chi connectivity index (χ0n) is 11.5. The highest BCUT2D eigenvalue weighted by atomic mass is 16.8. The molecule has 0 aliphatic carbocycles. The first kappa shape index (κ1) is 15.4. The average Bonchev–Trinajstić information content (AvgIpc) is 2.47. The summed E-state index contributed by atoms with van der Waals surface area (Å²) in [6.45, 7) is 1.44. The van der Waals surface area contributed by atoms with Gasteiger partial charge >= 0.3 is 0 Å². The molecule has 8 heteroatoms. The van der Waals surface area contributed by atoms with E-state index in [9.17, 15) is 25.3 Å². The molecule has 2 unspecified atom stereocenters. The highest BCUT2D eigenvalue weighted by Gasteiger charge is 2.54. The molecule has 1 fully saturated rings. The second kappa shape index (κ2) is 5.45. The van der Waals surface area contributed by atoms with Gasteiger partial charge in [-0.25, -0.2) is 0 Å². The summed E-state index contributed by atoms with van der Waals surface area (Å²) < 4.78 is 0. The Kier molecular flexibility index (Phi) is 3.83. The third-order valence-electron chi connectivity index (χ3n) is 3.92. The first-order valence-electron chi connectivity index (χ1n) is 6.27. The molecule has 8 nitrogen and oxygen atoms in total. The molecule has 1 aliphatic rings. The van der Waals surface area contributed by atoms with Gasteiger partial charge < -0.3 is 10.4 Å². The smallest absolute Gasteiger partial charge is 0.244 e. The van der Waals surface area contributed by atoms with Crippen molar-refractivity contribution in [3.05, 3.63) is 35.0 Å². The maximum absolute atomic E-state index is 11.9. The van der Waals surface area contributed by atoms with Gasteiger partial charge in [-0.1, -0.05) is 19.1 Å². The van der Waals surface area contributed by atoms with E-state index in [1.165, 1.54) is 31.2 Å². The number of nitriles is 2. The Hall–Kier alpha value is -2.94. The van der Waals surface area contributed by atoms with Gasteiger partial charge in [0.1, 0.15) is 11.8 Å². The van der Waals surface area contributed by atoms with Gasteiger partial charge in [0.15, 0.2) is 0 Å². The summed E-state index contributed by atoms with van der Waals surface area (Å²) in [6.07, 6.45) is 0. The van der Waals surface area contributed by atoms with Crippen LogP contribution < -0.4 is 10.5 Å². The number of piperidine rings is 1. The maximum Gasteiger partial charge on any atom is 0.244 e. The minimum atomic E-state index is -1.44. The van der Waals surface area contributed by atoms with Crippen molar-refractivity contribution in [1.82, 2.24) is 5.32 Å². The van der Waals surface area contributed by atoms with E-state index in [1.807, 2.05) is 5.32 Å². The lowest BCUT2D eigenvalue weighted by atomic mass is 9.62. The van der Waals surface area contributed by atoms with E-state index >= 15 is 0 Å². The molecular formula is C14H11N4O4-. The molecule has 1 saturated heterocycles. The Morgan fingerprint density at radius 2 is 1.82 bits per heavy atom. The van der Waals surface area contributed by atoms with Gasteiger partial charge in [0.05, 0.1) is 17.8 Å². The fourth-order valence-corrected chi connectivity index (χ4v) is 2.66. The largest absolute Gasteiger partial charge is 0.733 e. The number of anilines is 1. The van der Waals surface area contributed by atoms with Crippen molar-refractivity contribution in [1.29, 1.82) is 10.5 Å². The lowest BCUT2D eigenvalue weighted by Crippen LogP contribution is -2.58. The third-order valence-corrected chi connectivity index (χ3v) is 3.92. The van der Waals surface area contributed by atoms with Gasteiger partial charge in [0.25, 0.3) is 0 Å². The van der Waals surface area contributed by atoms with Crippen LogP contribution in [0.2, 0.25) is 0 Å². The molecular weight excluding hydrogens is 288 g/mol. The fraction of sp³-hybridized carbons (Fsp3) is 0.286. The van der Waals surface area contributed by atoms with Crippen LogP contribution in [0.5, 0.6) is 0 Å². The number of hydrogen-bond acceptors (Lipinski definition) is 7. The Morgan fingerprint density at radius 1 is 1.27 bits per heavy atom. The Morgan fingerprint density at radius 3 is 2.27 bits per heavy atom. The third kappa shape index (κ3) is 2.17. The molecule has 2 amide bonds. The molecule has 0 aromatic heterocycles. The number of carbonyl (C=O) groups is 2. The van der Waals surface area contributed by atoms with Crippen molar-refractivity contribution < 1.29 is 14.8 Å². The number of rotatable bonds is 2. The molecule has 0 saturated carbocycles. The minimum Gasteiger partial charge on any atom is -0.733 e. The topological polar surface area (TPSA) is 140 Å². The molecule has 2 atom stereocenters. The molecule has 0 bridgehead atoms. The molecule has 1 aromatic rings. The summed E-state index contributed by atoms with van der Waals surface area (Å²) in [5.74, 6) is -4.17. The Bertz CT molecular complexity index is 684. The lowest BCUT2D eigenvalue weighted by molar-refractivity contribution is -0.140. The van der Waals surface area contributed by atoms with Crippen LogP contribution in [0.25, 0.3) is 0 Å². The van der Waals surface area contributed by atoms with Gasteiger partial charge in [-0.3, -0.25) is 20.1 Å². The van der Waals surface area contributed by atoms with Crippen LogP contribution in [-0.2, 0) is 15.0 Å². The predicted molar refractivity (Wildman–Crippen MR) is 72.8 cm³/mol. The van der Waals surface area contributed by atoms with E-state index in [0.29, 0.717) is 0 Å². The maximum atomic E-state index is 11.9. The monoisotopic (exact) mass is 299 g/mol. The van der Waals surface area contributed by atoms with E-state index in [2.05, 4.69) is 0 Å². The van der Waals surface area contributed by atoms with Crippen molar-refractivity contribution in [3.63, 3.8) is 0 Å². The molecule has 0 radical (unpaired) electrons. The van der Waals surface area contributed by atoms with Crippen LogP contribution in [0.3, 0.4) is 0 Å². The summed E-state index contributed by atoms with van der Waals surface area (Å²) in [4.78, 5) is 23.8. The number of nitrogens with one attached hydrogen (secondary N) is 1. The van der Waals surface area contributed by atoms with Crippen molar-refractivity contribution >= 4 is 17.5 Å². The van der Waals surface area contributed by atoms with Crippen LogP contribution in [0, 0.1) is 39.7 Å². The van der Waals surface area contributed by atoms with Crippen LogP contribution in [0.15, 0.2) is 24.3 Å². The molecule has 1 heterocycles. The summed E-state index contributed by atoms with van der Waals surface area (Å²) in [6, 6.07) is 9.09. The summed E-state index contributed by atoms with van der Waals surface area (Å²) >= 11 is 0. The van der Waals surface area contributed by atoms with E-state index in [1.54, 1.807) is 12.1 Å². The molecule has 1 aliphatic heterocycles. The van der Waals surface area contributed by atoms with Crippen molar-refractivity contribution in [2.45, 2.75) is 12.3 Å². The highest BCUT2D eigenvalue weighted by Crippen LogP contribution is 2.42. The van der Waals surface area contributed by atoms with Crippen LogP contribution in [-0.4, -0.2) is 17.0 Å². The van der Waals surface area contributed by atoms with E-state index in [0.717, 1.165) is 0 Å². The number of hydrogen-bond donors (Lipinski definition) is 2. The van der Waals surface area contributed by atoms with Crippen molar-refractivity contribution in [2.24, 2.45) is 11.8 Å². The molecule has 112 valence electrons. The van der Waals surface area contributed by atoms with Crippen LogP contribution in [0.1, 0.15) is 12.5 Å². The fourth-order valence-electron chi connectivity index (χ4n) is 2.66. The number of imide groups is 1. The summed E-state index contributed by atoms with van der Waals surface area (Å²) in [5.41, 5.74) is -1.30. The van der Waals surface area contributed by atoms with Gasteiger partial charge in [-0.2, -0.15) is 10.5 Å². The molecule has 22 heavy (non-hydrogen) atoms. The Balaban J connectivity index is 2.67. The van der Waals surface area contributed by atoms with Crippen molar-refractivity contribution in [2.75, 3.05) is 5.23 Å². The van der Waals surface area contributed by atoms with E-state index in [-0.39, 0.29) is 16.5 Å². The molecule has 2 N–H and O–H groups in total. The van der Waals surface area contributed by atoms with Crippen LogP contribution >= 0.6 is 0 Å². The predicted octanol–water partition coefficient (Wildman–Crippen LogP) is 0.574. The first-order chi connectivity index (χ1) is 10.4. The number of amides is 2. The van der Waals surface area contributed by atoms with E-state index < -0.39 is 29.1 Å². The van der Waals surface area contributed by atoms with Gasteiger partial charge in [-0.05, 0) is 17.7 Å². The second-order valence-electron chi connectivity index (χ2n) is 5.08. The summed E-state index contributed by atoms with van der Waals surface area (Å²) in [7, 11) is 0. The zero-order valence-corrected chi connectivity index (χ0v) is 11.5. The lowest BCUT2D eigenvalue weighted by Gasteiger charge is -2.40. The first-order valence-corrected chi connectivity index (χ1v) is 6.27. The molecule has 1 aromatic carbocycles. The average molecular weight is 299 g/mol. The van der Waals surface area contributed by atoms with Crippen LogP contribution in [0.4, 0.5) is 5.69 Å². The SMILES string of the molecule is CC1(c2cccc(N([O-])O)c2)C(C#N)C(=O)NC(=O)C1C#N. The molecule has 0 spiro atoms. The number of benzene rings is 1. The minimum absolute atomic E-state index is 0.134. The number of nitrogens with zero attached hydrogens (tertiary/aromatic N) is 3. The zero-order chi connectivity index (χ0) is 16.5. The quantitative estimate of drug-likeness (QED) is 0.600. The van der Waals surface area contributed by atoms with Crippen molar-refractivity contribution in [3.8, 4) is 12.1 Å². The van der Waals surface area contributed by atoms with Gasteiger partial charge in [0, 0.05) is 5.41 Å². The highest BCUT2D eigenvalue weighted by molar-refractivity contribution is 6.04. The number of carbonyl (C=O) groups excluding carboxylic acids is 2. The molecule has 2 rings (SSSR count).